The number of imide groups is 1. The number of rotatable bonds is 11. The standard InChI is InChI=1S/C16H25N3O4/c1-2-3-7-12(16(17)23)18-13(20)8-5-4-6-11-19-14(21)9-10-15(19)22/h9-10,12H,2-8,11H2,1H3,(H2,17,23)(H,18,20). The zero-order chi connectivity index (χ0) is 17.2. The second-order valence-electron chi connectivity index (χ2n) is 5.64. The van der Waals surface area contributed by atoms with Crippen LogP contribution in [-0.2, 0) is 19.2 Å². The average Bonchev–Trinajstić information content (AvgIpc) is 2.82. The Kier molecular flexibility index (Phi) is 8.01. The number of nitrogens with zero attached hydrogens (tertiary/aromatic N) is 1. The normalized spacial score (nSPS) is 15.1. The maximum atomic E-state index is 11.8. The lowest BCUT2D eigenvalue weighted by atomic mass is 10.1. The molecule has 3 N–H and O–H groups in total. The lowest BCUT2D eigenvalue weighted by Crippen LogP contribution is -2.44. The lowest BCUT2D eigenvalue weighted by Gasteiger charge is -2.15. The lowest BCUT2D eigenvalue weighted by molar-refractivity contribution is -0.137. The molecule has 0 saturated carbocycles. The molecule has 0 bridgehead atoms. The summed E-state index contributed by atoms with van der Waals surface area (Å²) >= 11 is 0. The summed E-state index contributed by atoms with van der Waals surface area (Å²) in [5, 5.41) is 2.66. The van der Waals surface area contributed by atoms with Gasteiger partial charge in [0.15, 0.2) is 0 Å². The second-order valence-corrected chi connectivity index (χ2v) is 5.64. The molecule has 1 heterocycles. The predicted octanol–water partition coefficient (Wildman–Crippen LogP) is 0.632. The highest BCUT2D eigenvalue weighted by Gasteiger charge is 2.22. The highest BCUT2D eigenvalue weighted by molar-refractivity contribution is 6.12. The first kappa shape index (κ1) is 18.9. The van der Waals surface area contributed by atoms with E-state index in [1.54, 1.807) is 0 Å². The van der Waals surface area contributed by atoms with Gasteiger partial charge in [-0.15, -0.1) is 0 Å². The van der Waals surface area contributed by atoms with E-state index in [4.69, 9.17) is 5.73 Å². The molecule has 23 heavy (non-hydrogen) atoms. The van der Waals surface area contributed by atoms with E-state index >= 15 is 0 Å². The van der Waals surface area contributed by atoms with Crippen molar-refractivity contribution in [2.75, 3.05) is 6.54 Å². The van der Waals surface area contributed by atoms with Gasteiger partial charge in [0, 0.05) is 25.1 Å². The van der Waals surface area contributed by atoms with Crippen molar-refractivity contribution in [2.45, 2.75) is 57.9 Å². The van der Waals surface area contributed by atoms with Crippen LogP contribution in [0, 0.1) is 0 Å². The fourth-order valence-corrected chi connectivity index (χ4v) is 2.34. The van der Waals surface area contributed by atoms with Crippen molar-refractivity contribution >= 4 is 23.6 Å². The molecule has 4 amide bonds. The molecule has 128 valence electrons. The Morgan fingerprint density at radius 3 is 2.35 bits per heavy atom. The third kappa shape index (κ3) is 6.63. The Hall–Kier alpha value is -2.18. The molecule has 0 saturated heterocycles. The molecule has 1 unspecified atom stereocenters. The topological polar surface area (TPSA) is 110 Å². The van der Waals surface area contributed by atoms with Crippen molar-refractivity contribution < 1.29 is 19.2 Å². The third-order valence-electron chi connectivity index (χ3n) is 3.71. The van der Waals surface area contributed by atoms with Gasteiger partial charge in [-0.1, -0.05) is 26.2 Å². The summed E-state index contributed by atoms with van der Waals surface area (Å²) in [4.78, 5) is 46.9. The molecule has 1 rings (SSSR count). The van der Waals surface area contributed by atoms with Crippen LogP contribution in [0.3, 0.4) is 0 Å². The second kappa shape index (κ2) is 9.76. The maximum Gasteiger partial charge on any atom is 0.253 e. The SMILES string of the molecule is CCCCC(NC(=O)CCCCCN1C(=O)C=CC1=O)C(N)=O. The van der Waals surface area contributed by atoms with Gasteiger partial charge in [-0.2, -0.15) is 0 Å². The molecule has 0 radical (unpaired) electrons. The van der Waals surface area contributed by atoms with Crippen LogP contribution in [0.1, 0.15) is 51.9 Å². The fraction of sp³-hybridized carbons (Fsp3) is 0.625. The summed E-state index contributed by atoms with van der Waals surface area (Å²) in [7, 11) is 0. The highest BCUT2D eigenvalue weighted by atomic mass is 16.2. The molecule has 0 fully saturated rings. The molecule has 0 aromatic heterocycles. The molecule has 7 nitrogen and oxygen atoms in total. The molecular formula is C16H25N3O4. The third-order valence-corrected chi connectivity index (χ3v) is 3.71. The number of unbranched alkanes of at least 4 members (excludes halogenated alkanes) is 3. The van der Waals surface area contributed by atoms with Crippen molar-refractivity contribution in [1.29, 1.82) is 0 Å². The summed E-state index contributed by atoms with van der Waals surface area (Å²) < 4.78 is 0. The molecule has 0 aromatic carbocycles. The van der Waals surface area contributed by atoms with Crippen molar-refractivity contribution in [2.24, 2.45) is 5.73 Å². The summed E-state index contributed by atoms with van der Waals surface area (Å²) in [6.07, 6.45) is 7.16. The van der Waals surface area contributed by atoms with Crippen LogP contribution in [0.4, 0.5) is 0 Å². The van der Waals surface area contributed by atoms with E-state index < -0.39 is 11.9 Å². The van der Waals surface area contributed by atoms with E-state index in [1.165, 1.54) is 17.1 Å². The molecule has 1 aliphatic rings. The monoisotopic (exact) mass is 323 g/mol. The fourth-order valence-electron chi connectivity index (χ4n) is 2.34. The molecule has 1 aliphatic heterocycles. The Morgan fingerprint density at radius 2 is 1.78 bits per heavy atom. The summed E-state index contributed by atoms with van der Waals surface area (Å²) in [5.41, 5.74) is 5.27. The van der Waals surface area contributed by atoms with Crippen LogP contribution in [0.5, 0.6) is 0 Å². The number of carbonyl (C=O) groups excluding carboxylic acids is 4. The quantitative estimate of drug-likeness (QED) is 0.429. The number of nitrogens with one attached hydrogen (secondary N) is 1. The Balaban J connectivity index is 2.17. The van der Waals surface area contributed by atoms with E-state index in [-0.39, 0.29) is 17.7 Å². The van der Waals surface area contributed by atoms with Crippen LogP contribution >= 0.6 is 0 Å². The van der Waals surface area contributed by atoms with Crippen LogP contribution in [0.2, 0.25) is 0 Å². The van der Waals surface area contributed by atoms with E-state index in [1.807, 2.05) is 6.92 Å². The van der Waals surface area contributed by atoms with Gasteiger partial charge in [0.05, 0.1) is 0 Å². The average molecular weight is 323 g/mol. The van der Waals surface area contributed by atoms with Gasteiger partial charge in [0.2, 0.25) is 11.8 Å². The van der Waals surface area contributed by atoms with Gasteiger partial charge >= 0.3 is 0 Å². The molecule has 0 aliphatic carbocycles. The predicted molar refractivity (Wildman–Crippen MR) is 85.0 cm³/mol. The maximum absolute atomic E-state index is 11.8. The number of hydrogen-bond donors (Lipinski definition) is 2. The first-order chi connectivity index (χ1) is 11.0. The zero-order valence-electron chi connectivity index (χ0n) is 13.5. The first-order valence-corrected chi connectivity index (χ1v) is 8.08. The van der Waals surface area contributed by atoms with Gasteiger partial charge in [0.25, 0.3) is 11.8 Å². The molecule has 7 heteroatoms. The van der Waals surface area contributed by atoms with E-state index in [2.05, 4.69) is 5.32 Å². The minimum Gasteiger partial charge on any atom is -0.368 e. The van der Waals surface area contributed by atoms with Gasteiger partial charge in [0.1, 0.15) is 6.04 Å². The van der Waals surface area contributed by atoms with Crippen LogP contribution in [0.15, 0.2) is 12.2 Å². The Labute approximate surface area is 136 Å². The van der Waals surface area contributed by atoms with E-state index in [0.29, 0.717) is 32.2 Å². The number of carbonyl (C=O) groups is 4. The van der Waals surface area contributed by atoms with Crippen LogP contribution in [-0.4, -0.2) is 41.1 Å². The number of amides is 4. The molecule has 1 atom stereocenters. The minimum atomic E-state index is -0.603. The Bertz CT molecular complexity index is 470. The van der Waals surface area contributed by atoms with Crippen molar-refractivity contribution in [3.05, 3.63) is 12.2 Å². The summed E-state index contributed by atoms with van der Waals surface area (Å²) in [5.74, 6) is -1.27. The highest BCUT2D eigenvalue weighted by Crippen LogP contribution is 2.08. The van der Waals surface area contributed by atoms with E-state index in [0.717, 1.165) is 19.3 Å². The summed E-state index contributed by atoms with van der Waals surface area (Å²) in [6, 6.07) is -0.603. The van der Waals surface area contributed by atoms with E-state index in [9.17, 15) is 19.2 Å². The Morgan fingerprint density at radius 1 is 1.13 bits per heavy atom. The van der Waals surface area contributed by atoms with Crippen LogP contribution in [0.25, 0.3) is 0 Å². The number of nitrogens with two attached hydrogens (primary N) is 1. The van der Waals surface area contributed by atoms with Gasteiger partial charge in [-0.25, -0.2) is 0 Å². The molecular weight excluding hydrogens is 298 g/mol. The first-order valence-electron chi connectivity index (χ1n) is 8.08. The largest absolute Gasteiger partial charge is 0.368 e. The van der Waals surface area contributed by atoms with Gasteiger partial charge < -0.3 is 11.1 Å². The molecule has 0 spiro atoms. The van der Waals surface area contributed by atoms with Crippen LogP contribution < -0.4 is 11.1 Å². The van der Waals surface area contributed by atoms with Gasteiger partial charge in [-0.3, -0.25) is 24.1 Å². The smallest absolute Gasteiger partial charge is 0.253 e. The number of primary amides is 1. The minimum absolute atomic E-state index is 0.195. The van der Waals surface area contributed by atoms with Crippen molar-refractivity contribution in [1.82, 2.24) is 10.2 Å². The van der Waals surface area contributed by atoms with Crippen molar-refractivity contribution in [3.8, 4) is 0 Å². The molecule has 0 aromatic rings. The number of hydrogen-bond acceptors (Lipinski definition) is 4. The summed E-state index contributed by atoms with van der Waals surface area (Å²) in [6.45, 7) is 2.37. The van der Waals surface area contributed by atoms with Gasteiger partial charge in [-0.05, 0) is 19.3 Å². The van der Waals surface area contributed by atoms with Crippen molar-refractivity contribution in [3.63, 3.8) is 0 Å². The zero-order valence-corrected chi connectivity index (χ0v) is 13.5.